The summed E-state index contributed by atoms with van der Waals surface area (Å²) in [6.45, 7) is 5.63. The molecule has 1 aromatic heterocycles. The third kappa shape index (κ3) is 3.27. The molecule has 0 aliphatic rings. The van der Waals surface area contributed by atoms with E-state index in [9.17, 15) is 9.18 Å². The Hall–Kier alpha value is -1.49. The van der Waals surface area contributed by atoms with Gasteiger partial charge in [-0.3, -0.25) is 4.79 Å². The van der Waals surface area contributed by atoms with Gasteiger partial charge in [-0.1, -0.05) is 20.8 Å². The average molecular weight is 225 g/mol. The zero-order chi connectivity index (χ0) is 12.3. The molecule has 0 aliphatic heterocycles. The molecule has 3 N–H and O–H groups in total. The van der Waals surface area contributed by atoms with Crippen molar-refractivity contribution in [3.8, 4) is 0 Å². The quantitative estimate of drug-likeness (QED) is 0.750. The number of halogens is 1. The summed E-state index contributed by atoms with van der Waals surface area (Å²) >= 11 is 0. The molecule has 0 aliphatic carbocycles. The molecule has 0 saturated carbocycles. The number of nitrogens with one attached hydrogen (secondary N) is 1. The minimum absolute atomic E-state index is 0.305. The summed E-state index contributed by atoms with van der Waals surface area (Å²) in [7, 11) is 0. The topological polar surface area (TPSA) is 68.0 Å². The standard InChI is InChI=1S/C11H16FN3O/c1-11(2,3)9(13)10(16)15-7-4-5-8(12)14-6-7/h4-6,9H,13H2,1-3H3,(H,15,16). The van der Waals surface area contributed by atoms with Gasteiger partial charge < -0.3 is 11.1 Å². The van der Waals surface area contributed by atoms with Gasteiger partial charge in [0.1, 0.15) is 0 Å². The van der Waals surface area contributed by atoms with Crippen LogP contribution >= 0.6 is 0 Å². The summed E-state index contributed by atoms with van der Waals surface area (Å²) in [5.41, 5.74) is 5.88. The third-order valence-corrected chi connectivity index (χ3v) is 2.21. The zero-order valence-electron chi connectivity index (χ0n) is 9.62. The smallest absolute Gasteiger partial charge is 0.241 e. The second-order valence-corrected chi connectivity index (χ2v) is 4.70. The number of nitrogens with zero attached hydrogens (tertiary/aromatic N) is 1. The van der Waals surface area contributed by atoms with E-state index in [1.165, 1.54) is 18.3 Å². The van der Waals surface area contributed by atoms with Gasteiger partial charge in [-0.25, -0.2) is 4.98 Å². The lowest BCUT2D eigenvalue weighted by atomic mass is 9.87. The first-order chi connectivity index (χ1) is 7.30. The van der Waals surface area contributed by atoms with Crippen molar-refractivity contribution >= 4 is 11.6 Å². The van der Waals surface area contributed by atoms with Crippen molar-refractivity contribution in [2.24, 2.45) is 11.1 Å². The predicted octanol–water partition coefficient (Wildman–Crippen LogP) is 1.53. The molecular weight excluding hydrogens is 209 g/mol. The molecule has 1 unspecified atom stereocenters. The van der Waals surface area contributed by atoms with E-state index in [2.05, 4.69) is 10.3 Å². The molecule has 16 heavy (non-hydrogen) atoms. The minimum atomic E-state index is -0.627. The Morgan fingerprint density at radius 2 is 2.12 bits per heavy atom. The van der Waals surface area contributed by atoms with Gasteiger partial charge in [0.2, 0.25) is 11.9 Å². The molecule has 0 fully saturated rings. The largest absolute Gasteiger partial charge is 0.323 e. The van der Waals surface area contributed by atoms with Gasteiger partial charge in [0.15, 0.2) is 0 Å². The van der Waals surface area contributed by atoms with Crippen molar-refractivity contribution in [2.75, 3.05) is 5.32 Å². The Balaban J connectivity index is 2.68. The van der Waals surface area contributed by atoms with E-state index >= 15 is 0 Å². The maximum Gasteiger partial charge on any atom is 0.241 e. The van der Waals surface area contributed by atoms with Crippen LogP contribution in [0.2, 0.25) is 0 Å². The fourth-order valence-electron chi connectivity index (χ4n) is 1.06. The maximum atomic E-state index is 12.5. The number of hydrogen-bond donors (Lipinski definition) is 2. The number of amides is 1. The number of rotatable bonds is 2. The highest BCUT2D eigenvalue weighted by molar-refractivity contribution is 5.95. The van der Waals surface area contributed by atoms with Crippen LogP contribution in [0.3, 0.4) is 0 Å². The lowest BCUT2D eigenvalue weighted by molar-refractivity contribution is -0.119. The van der Waals surface area contributed by atoms with Crippen LogP contribution in [0.4, 0.5) is 10.1 Å². The van der Waals surface area contributed by atoms with E-state index in [-0.39, 0.29) is 11.3 Å². The number of hydrogen-bond acceptors (Lipinski definition) is 3. The maximum absolute atomic E-state index is 12.5. The lowest BCUT2D eigenvalue weighted by Crippen LogP contribution is -2.45. The van der Waals surface area contributed by atoms with Crippen molar-refractivity contribution in [1.29, 1.82) is 0 Å². The Labute approximate surface area is 94.1 Å². The van der Waals surface area contributed by atoms with Crippen molar-refractivity contribution in [3.05, 3.63) is 24.3 Å². The van der Waals surface area contributed by atoms with Gasteiger partial charge in [0.05, 0.1) is 17.9 Å². The summed E-state index contributed by atoms with van der Waals surface area (Å²) in [4.78, 5) is 15.1. The van der Waals surface area contributed by atoms with Crippen molar-refractivity contribution < 1.29 is 9.18 Å². The van der Waals surface area contributed by atoms with Gasteiger partial charge >= 0.3 is 0 Å². The predicted molar refractivity (Wildman–Crippen MR) is 60.3 cm³/mol. The molecule has 5 heteroatoms. The van der Waals surface area contributed by atoms with Gasteiger partial charge in [-0.15, -0.1) is 0 Å². The van der Waals surface area contributed by atoms with E-state index < -0.39 is 12.0 Å². The van der Waals surface area contributed by atoms with Crippen LogP contribution in [0, 0.1) is 11.4 Å². The molecule has 0 aromatic carbocycles. The summed E-state index contributed by atoms with van der Waals surface area (Å²) in [6, 6.07) is 1.99. The molecule has 0 saturated heterocycles. The molecule has 1 atom stereocenters. The van der Waals surface area contributed by atoms with E-state index in [0.717, 1.165) is 0 Å². The molecule has 0 radical (unpaired) electrons. The van der Waals surface area contributed by atoms with E-state index in [0.29, 0.717) is 5.69 Å². The zero-order valence-corrected chi connectivity index (χ0v) is 9.62. The molecule has 1 aromatic rings. The van der Waals surface area contributed by atoms with Crippen LogP contribution in [-0.4, -0.2) is 16.9 Å². The van der Waals surface area contributed by atoms with Crippen LogP contribution in [0.15, 0.2) is 18.3 Å². The van der Waals surface area contributed by atoms with Crippen LogP contribution < -0.4 is 11.1 Å². The number of aromatic nitrogens is 1. The highest BCUT2D eigenvalue weighted by Crippen LogP contribution is 2.18. The number of carbonyl (C=O) groups excluding carboxylic acids is 1. The first kappa shape index (κ1) is 12.6. The summed E-state index contributed by atoms with van der Waals surface area (Å²) in [5, 5.41) is 2.58. The number of nitrogens with two attached hydrogens (primary N) is 1. The second kappa shape index (κ2) is 4.57. The third-order valence-electron chi connectivity index (χ3n) is 2.21. The van der Waals surface area contributed by atoms with Crippen LogP contribution in [0.25, 0.3) is 0 Å². The fraction of sp³-hybridized carbons (Fsp3) is 0.455. The Morgan fingerprint density at radius 3 is 2.56 bits per heavy atom. The minimum Gasteiger partial charge on any atom is -0.323 e. The molecule has 0 spiro atoms. The SMILES string of the molecule is CC(C)(C)C(N)C(=O)Nc1ccc(F)nc1. The summed E-state index contributed by atoms with van der Waals surface area (Å²) < 4.78 is 12.5. The molecule has 4 nitrogen and oxygen atoms in total. The van der Waals surface area contributed by atoms with Crippen LogP contribution in [0.5, 0.6) is 0 Å². The van der Waals surface area contributed by atoms with Crippen LogP contribution in [-0.2, 0) is 4.79 Å². The first-order valence-electron chi connectivity index (χ1n) is 4.98. The average Bonchev–Trinajstić information content (AvgIpc) is 2.19. The molecule has 1 amide bonds. The van der Waals surface area contributed by atoms with Crippen molar-refractivity contribution in [2.45, 2.75) is 26.8 Å². The molecule has 1 rings (SSSR count). The highest BCUT2D eigenvalue weighted by Gasteiger charge is 2.27. The van der Waals surface area contributed by atoms with Crippen molar-refractivity contribution in [3.63, 3.8) is 0 Å². The number of carbonyl (C=O) groups is 1. The van der Waals surface area contributed by atoms with Gasteiger partial charge in [0, 0.05) is 0 Å². The van der Waals surface area contributed by atoms with Gasteiger partial charge in [-0.2, -0.15) is 4.39 Å². The van der Waals surface area contributed by atoms with Crippen molar-refractivity contribution in [1.82, 2.24) is 4.98 Å². The molecule has 0 bridgehead atoms. The van der Waals surface area contributed by atoms with E-state index in [1.807, 2.05) is 20.8 Å². The fourth-order valence-corrected chi connectivity index (χ4v) is 1.06. The number of pyridine rings is 1. The second-order valence-electron chi connectivity index (χ2n) is 4.70. The lowest BCUT2D eigenvalue weighted by Gasteiger charge is -2.25. The highest BCUT2D eigenvalue weighted by atomic mass is 19.1. The monoisotopic (exact) mass is 225 g/mol. The Morgan fingerprint density at radius 1 is 1.50 bits per heavy atom. The van der Waals surface area contributed by atoms with Gasteiger partial charge in [0.25, 0.3) is 0 Å². The van der Waals surface area contributed by atoms with Crippen LogP contribution in [0.1, 0.15) is 20.8 Å². The summed E-state index contributed by atoms with van der Waals surface area (Å²) in [5.74, 6) is -0.890. The first-order valence-corrected chi connectivity index (χ1v) is 4.98. The van der Waals surface area contributed by atoms with E-state index in [1.54, 1.807) is 0 Å². The Kier molecular flexibility index (Phi) is 3.59. The number of anilines is 1. The Bertz CT molecular complexity index is 370. The molecular formula is C11H16FN3O. The molecule has 1 heterocycles. The van der Waals surface area contributed by atoms with Gasteiger partial charge in [-0.05, 0) is 17.5 Å². The van der Waals surface area contributed by atoms with E-state index in [4.69, 9.17) is 5.73 Å². The summed E-state index contributed by atoms with van der Waals surface area (Å²) in [6.07, 6.45) is 1.25. The molecule has 88 valence electrons. The normalized spacial score (nSPS) is 13.3.